The molecule has 378 valence electrons. The first-order valence-corrected chi connectivity index (χ1v) is 23.6. The Bertz CT molecular complexity index is 2460. The number of aromatic hydroxyl groups is 1. The SMILES string of the molecule is CC(C)C[C@H](NC(=O)[C@H](Cc1ccccc1)NC(=O)OCC1c2ccccc2-c2ccccc21)C(=O)N[C@@H](CC(=O)O)C(=O)N[C@@H](Cc1ccc(O)cc1)C(=O)N[C@@H](CCCCN)C(=O)N[C@@H](C)C(N)=O. The molecule has 0 unspecified atom stereocenters. The minimum Gasteiger partial charge on any atom is -0.508 e. The smallest absolute Gasteiger partial charge is 0.407 e. The lowest BCUT2D eigenvalue weighted by Crippen LogP contribution is -2.60. The molecule has 4 aromatic rings. The summed E-state index contributed by atoms with van der Waals surface area (Å²) in [5.74, 6) is -7.22. The predicted molar refractivity (Wildman–Crippen MR) is 263 cm³/mol. The zero-order valence-corrected chi connectivity index (χ0v) is 40.0. The number of hydrogen-bond donors (Lipinski definition) is 10. The van der Waals surface area contributed by atoms with Gasteiger partial charge in [-0.3, -0.25) is 33.6 Å². The molecule has 71 heavy (non-hydrogen) atoms. The Labute approximate surface area is 412 Å². The second kappa shape index (κ2) is 26.3. The number of carbonyl (C=O) groups is 8. The molecule has 19 heteroatoms. The van der Waals surface area contributed by atoms with Crippen LogP contribution in [0.2, 0.25) is 0 Å². The van der Waals surface area contributed by atoms with E-state index in [9.17, 15) is 48.6 Å². The fourth-order valence-corrected chi connectivity index (χ4v) is 8.24. The molecule has 0 heterocycles. The summed E-state index contributed by atoms with van der Waals surface area (Å²) in [5, 5.41) is 35.3. The maximum atomic E-state index is 14.2. The van der Waals surface area contributed by atoms with Crippen molar-refractivity contribution in [1.82, 2.24) is 31.9 Å². The van der Waals surface area contributed by atoms with Gasteiger partial charge >= 0.3 is 12.1 Å². The maximum absolute atomic E-state index is 14.2. The molecule has 4 aromatic carbocycles. The third-order valence-electron chi connectivity index (χ3n) is 12.0. The lowest BCUT2D eigenvalue weighted by molar-refractivity contribution is -0.141. The molecule has 1 aliphatic carbocycles. The van der Waals surface area contributed by atoms with Gasteiger partial charge in [-0.15, -0.1) is 0 Å². The van der Waals surface area contributed by atoms with Crippen molar-refractivity contribution in [3.63, 3.8) is 0 Å². The summed E-state index contributed by atoms with van der Waals surface area (Å²) in [6, 6.07) is 22.1. The number of phenolic OH excluding ortho intramolecular Hbond substituents is 1. The second-order valence-corrected chi connectivity index (χ2v) is 18.0. The lowest BCUT2D eigenvalue weighted by Gasteiger charge is -2.27. The number of phenols is 1. The van der Waals surface area contributed by atoms with Gasteiger partial charge in [0.05, 0.1) is 6.42 Å². The number of ether oxygens (including phenoxy) is 1. The van der Waals surface area contributed by atoms with Crippen molar-refractivity contribution in [2.24, 2.45) is 17.4 Å². The number of primary amides is 1. The van der Waals surface area contributed by atoms with Crippen molar-refractivity contribution in [3.8, 4) is 16.9 Å². The summed E-state index contributed by atoms with van der Waals surface area (Å²) in [7, 11) is 0. The Kier molecular flexibility index (Phi) is 20.0. The number of rotatable bonds is 26. The summed E-state index contributed by atoms with van der Waals surface area (Å²) in [6.45, 7) is 5.21. The number of nitrogens with two attached hydrogens (primary N) is 2. The summed E-state index contributed by atoms with van der Waals surface area (Å²) < 4.78 is 5.77. The average Bonchev–Trinajstić information content (AvgIpc) is 3.65. The van der Waals surface area contributed by atoms with E-state index in [-0.39, 0.29) is 49.9 Å². The van der Waals surface area contributed by atoms with Crippen LogP contribution in [0.4, 0.5) is 4.79 Å². The van der Waals surface area contributed by atoms with Gasteiger partial charge in [0.2, 0.25) is 35.4 Å². The van der Waals surface area contributed by atoms with Gasteiger partial charge in [0.1, 0.15) is 48.6 Å². The van der Waals surface area contributed by atoms with Crippen LogP contribution in [0.15, 0.2) is 103 Å². The Balaban J connectivity index is 1.34. The molecule has 6 atom stereocenters. The first kappa shape index (κ1) is 54.1. The molecule has 1 aliphatic rings. The fraction of sp³-hybridized carbons (Fsp3) is 0.385. The summed E-state index contributed by atoms with van der Waals surface area (Å²) in [6.07, 6.45) is -1.02. The molecule has 0 bridgehead atoms. The van der Waals surface area contributed by atoms with Gasteiger partial charge in [-0.05, 0) is 90.6 Å². The highest BCUT2D eigenvalue weighted by molar-refractivity contribution is 5.98. The van der Waals surface area contributed by atoms with E-state index in [1.54, 1.807) is 44.2 Å². The summed E-state index contributed by atoms with van der Waals surface area (Å²) in [4.78, 5) is 107. The Morgan fingerprint density at radius 1 is 0.577 bits per heavy atom. The molecule has 7 amide bonds. The molecule has 0 fully saturated rings. The van der Waals surface area contributed by atoms with Crippen LogP contribution in [0.5, 0.6) is 5.75 Å². The van der Waals surface area contributed by atoms with Gasteiger partial charge in [-0.25, -0.2) is 4.79 Å². The lowest BCUT2D eigenvalue weighted by atomic mass is 9.98. The first-order valence-electron chi connectivity index (χ1n) is 23.6. The number of carbonyl (C=O) groups excluding carboxylic acids is 7. The van der Waals surface area contributed by atoms with Crippen LogP contribution in [0, 0.1) is 5.92 Å². The van der Waals surface area contributed by atoms with Gasteiger partial charge in [-0.2, -0.15) is 0 Å². The second-order valence-electron chi connectivity index (χ2n) is 18.0. The molecule has 0 aromatic heterocycles. The van der Waals surface area contributed by atoms with E-state index >= 15 is 0 Å². The summed E-state index contributed by atoms with van der Waals surface area (Å²) in [5.41, 5.74) is 16.2. The van der Waals surface area contributed by atoms with E-state index in [0.717, 1.165) is 22.3 Å². The van der Waals surface area contributed by atoms with E-state index in [4.69, 9.17) is 16.2 Å². The van der Waals surface area contributed by atoms with Crippen LogP contribution >= 0.6 is 0 Å². The van der Waals surface area contributed by atoms with E-state index in [2.05, 4.69) is 31.9 Å². The van der Waals surface area contributed by atoms with Gasteiger partial charge in [-0.1, -0.05) is 105 Å². The number of amides is 7. The van der Waals surface area contributed by atoms with Crippen molar-refractivity contribution in [3.05, 3.63) is 125 Å². The zero-order valence-electron chi connectivity index (χ0n) is 40.0. The topological polar surface area (TPSA) is 310 Å². The van der Waals surface area contributed by atoms with Crippen LogP contribution < -0.4 is 43.4 Å². The van der Waals surface area contributed by atoms with Crippen molar-refractivity contribution < 1.29 is 53.3 Å². The quantitative estimate of drug-likeness (QED) is 0.0407. The number of fused-ring (bicyclic) bond motifs is 3. The van der Waals surface area contributed by atoms with E-state index in [0.29, 0.717) is 30.5 Å². The number of benzene rings is 4. The van der Waals surface area contributed by atoms with Crippen LogP contribution in [-0.4, -0.2) is 107 Å². The average molecular weight is 977 g/mol. The third kappa shape index (κ3) is 16.1. The van der Waals surface area contributed by atoms with Crippen LogP contribution in [0.25, 0.3) is 11.1 Å². The molecule has 0 aliphatic heterocycles. The molecule has 0 saturated heterocycles. The highest BCUT2D eigenvalue weighted by Gasteiger charge is 2.35. The maximum Gasteiger partial charge on any atom is 0.407 e. The fourth-order valence-electron chi connectivity index (χ4n) is 8.24. The minimum absolute atomic E-state index is 0.00111. The molecule has 12 N–H and O–H groups in total. The molecule has 0 spiro atoms. The molecule has 0 radical (unpaired) electrons. The monoisotopic (exact) mass is 976 g/mol. The van der Waals surface area contributed by atoms with Crippen molar-refractivity contribution in [1.29, 1.82) is 0 Å². The zero-order chi connectivity index (χ0) is 51.6. The number of unbranched alkanes of at least 4 members (excludes halogenated alkanes) is 1. The van der Waals surface area contributed by atoms with Gasteiger partial charge in [0.25, 0.3) is 0 Å². The Hall–Kier alpha value is -7.80. The Morgan fingerprint density at radius 2 is 1.06 bits per heavy atom. The number of aliphatic carboxylic acids is 1. The highest BCUT2D eigenvalue weighted by atomic mass is 16.5. The minimum atomic E-state index is -1.79. The summed E-state index contributed by atoms with van der Waals surface area (Å²) >= 11 is 0. The molecular weight excluding hydrogens is 913 g/mol. The van der Waals surface area contributed by atoms with Crippen LogP contribution in [0.1, 0.15) is 81.0 Å². The Morgan fingerprint density at radius 3 is 1.62 bits per heavy atom. The molecule has 0 saturated carbocycles. The largest absolute Gasteiger partial charge is 0.508 e. The molecular formula is C52H64N8O11. The van der Waals surface area contributed by atoms with Crippen LogP contribution in [0.3, 0.4) is 0 Å². The van der Waals surface area contributed by atoms with Crippen molar-refractivity contribution >= 4 is 47.5 Å². The van der Waals surface area contributed by atoms with E-state index in [1.807, 2.05) is 48.5 Å². The van der Waals surface area contributed by atoms with Gasteiger partial charge in [0.15, 0.2) is 0 Å². The van der Waals surface area contributed by atoms with E-state index < -0.39 is 90.2 Å². The van der Waals surface area contributed by atoms with Crippen LogP contribution in [-0.2, 0) is 51.1 Å². The predicted octanol–water partition coefficient (Wildman–Crippen LogP) is 2.66. The number of carboxylic acid groups (broad SMARTS) is 1. The van der Waals surface area contributed by atoms with E-state index in [1.165, 1.54) is 31.2 Å². The van der Waals surface area contributed by atoms with Crippen molar-refractivity contribution in [2.75, 3.05) is 13.2 Å². The normalized spacial score (nSPS) is 14.2. The third-order valence-corrected chi connectivity index (χ3v) is 12.0. The number of carboxylic acids is 1. The van der Waals surface area contributed by atoms with Gasteiger partial charge < -0.3 is 58.3 Å². The molecule has 5 rings (SSSR count). The first-order chi connectivity index (χ1) is 33.9. The number of nitrogens with one attached hydrogen (secondary N) is 6. The van der Waals surface area contributed by atoms with Gasteiger partial charge in [0, 0.05) is 18.8 Å². The standard InChI is InChI=1S/C52H64N8O11/c1-30(2)25-41(57-50(68)43(26-32-13-5-4-6-14-32)60-52(70)71-29-39-37-17-9-7-15-35(37)36-16-8-10-18-38(36)39)48(66)59-44(28-45(62)63)51(69)58-42(27-33-20-22-34(61)23-21-33)49(67)56-40(19-11-12-24-53)47(65)55-31(3)46(54)64/h4-10,13-18,20-23,30-31,39-44,61H,11-12,19,24-29,53H2,1-3H3,(H2,54,64)(H,55,65)(H,56,67)(H,57,68)(H,58,69)(H,59,66)(H,60,70)(H,62,63)/t31-,40-,41-,42-,43-,44-/m0/s1. The molecule has 19 nitrogen and oxygen atoms in total. The highest BCUT2D eigenvalue weighted by Crippen LogP contribution is 2.44. The number of hydrogen-bond acceptors (Lipinski definition) is 11. The van der Waals surface area contributed by atoms with Crippen molar-refractivity contribution in [2.45, 2.75) is 108 Å². The number of alkyl carbamates (subject to hydrolysis) is 1.